The highest BCUT2D eigenvalue weighted by Gasteiger charge is 2.32. The molecule has 1 fully saturated rings. The zero-order chi connectivity index (χ0) is 14.9. The fourth-order valence-electron chi connectivity index (χ4n) is 2.15. The van der Waals surface area contributed by atoms with Crippen LogP contribution < -0.4 is 4.74 Å². The summed E-state index contributed by atoms with van der Waals surface area (Å²) in [5.41, 5.74) is -1.46. The first-order chi connectivity index (χ1) is 9.27. The zero-order valence-corrected chi connectivity index (χ0v) is 10.8. The predicted octanol–water partition coefficient (Wildman–Crippen LogP) is 2.49. The Labute approximate surface area is 113 Å². The third-order valence-electron chi connectivity index (χ3n) is 3.18. The number of carboxylic acids is 1. The van der Waals surface area contributed by atoms with Crippen molar-refractivity contribution in [1.82, 2.24) is 4.90 Å². The van der Waals surface area contributed by atoms with E-state index in [1.807, 2.05) is 11.9 Å². The van der Waals surface area contributed by atoms with Crippen molar-refractivity contribution >= 4 is 5.97 Å². The summed E-state index contributed by atoms with van der Waals surface area (Å²) >= 11 is 0. The van der Waals surface area contributed by atoms with Crippen LogP contribution in [0, 0.1) is 0 Å². The molecule has 1 aromatic carbocycles. The Morgan fingerprint density at radius 1 is 1.45 bits per heavy atom. The first-order valence-corrected chi connectivity index (χ1v) is 6.07. The van der Waals surface area contributed by atoms with Crippen molar-refractivity contribution in [3.8, 4) is 5.75 Å². The molecule has 0 saturated carbocycles. The summed E-state index contributed by atoms with van der Waals surface area (Å²) in [6.07, 6.45) is -4.05. The zero-order valence-electron chi connectivity index (χ0n) is 10.8. The molecule has 1 aromatic rings. The van der Waals surface area contributed by atoms with Gasteiger partial charge < -0.3 is 14.7 Å². The molecule has 1 saturated heterocycles. The number of hydrogen-bond donors (Lipinski definition) is 1. The lowest BCUT2D eigenvalue weighted by Crippen LogP contribution is -2.22. The van der Waals surface area contributed by atoms with E-state index in [9.17, 15) is 18.0 Å². The van der Waals surface area contributed by atoms with Gasteiger partial charge in [0.15, 0.2) is 0 Å². The summed E-state index contributed by atoms with van der Waals surface area (Å²) < 4.78 is 43.3. The molecule has 110 valence electrons. The topological polar surface area (TPSA) is 49.8 Å². The number of aromatic carboxylic acids is 1. The Bertz CT molecular complexity index is 516. The van der Waals surface area contributed by atoms with Crippen molar-refractivity contribution in [2.24, 2.45) is 0 Å². The Kier molecular flexibility index (Phi) is 3.89. The molecule has 0 radical (unpaired) electrons. The number of carboxylic acid groups (broad SMARTS) is 1. The van der Waals surface area contributed by atoms with Crippen molar-refractivity contribution in [3.63, 3.8) is 0 Å². The van der Waals surface area contributed by atoms with Crippen molar-refractivity contribution in [2.45, 2.75) is 18.7 Å². The van der Waals surface area contributed by atoms with E-state index in [2.05, 4.69) is 0 Å². The molecule has 0 bridgehead atoms. The van der Waals surface area contributed by atoms with Gasteiger partial charge in [0.05, 0.1) is 5.56 Å². The van der Waals surface area contributed by atoms with E-state index in [-0.39, 0.29) is 11.9 Å². The molecule has 1 aliphatic rings. The number of likely N-dealkylation sites (tertiary alicyclic amines) is 1. The molecule has 0 aromatic heterocycles. The van der Waals surface area contributed by atoms with Crippen LogP contribution in [0.1, 0.15) is 22.3 Å². The van der Waals surface area contributed by atoms with Gasteiger partial charge in [-0.05, 0) is 31.7 Å². The van der Waals surface area contributed by atoms with Crippen LogP contribution in [-0.4, -0.2) is 42.2 Å². The maximum Gasteiger partial charge on any atom is 0.416 e. The standard InChI is InChI=1S/C13H14F3NO3/c1-17-5-4-9(7-17)20-11-3-2-8(13(14,15)16)6-10(11)12(18)19/h2-3,6,9H,4-5,7H2,1H3,(H,18,19). The number of hydrogen-bond acceptors (Lipinski definition) is 3. The highest BCUT2D eigenvalue weighted by Crippen LogP contribution is 2.33. The summed E-state index contributed by atoms with van der Waals surface area (Å²) in [5.74, 6) is -1.46. The van der Waals surface area contributed by atoms with E-state index in [1.54, 1.807) is 0 Å². The minimum atomic E-state index is -4.57. The molecule has 1 aliphatic heterocycles. The highest BCUT2D eigenvalue weighted by molar-refractivity contribution is 5.91. The predicted molar refractivity (Wildman–Crippen MR) is 64.9 cm³/mol. The monoisotopic (exact) mass is 289 g/mol. The van der Waals surface area contributed by atoms with E-state index >= 15 is 0 Å². The maximum absolute atomic E-state index is 12.6. The lowest BCUT2D eigenvalue weighted by molar-refractivity contribution is -0.137. The molecule has 1 N–H and O–H groups in total. The van der Waals surface area contributed by atoms with Gasteiger partial charge in [0.1, 0.15) is 17.4 Å². The molecule has 0 spiro atoms. The van der Waals surface area contributed by atoms with Crippen LogP contribution in [0.3, 0.4) is 0 Å². The van der Waals surface area contributed by atoms with E-state index < -0.39 is 23.3 Å². The normalized spacial score (nSPS) is 20.1. The molecule has 1 atom stereocenters. The lowest BCUT2D eigenvalue weighted by atomic mass is 10.1. The Hall–Kier alpha value is -1.76. The molecule has 20 heavy (non-hydrogen) atoms. The highest BCUT2D eigenvalue weighted by atomic mass is 19.4. The van der Waals surface area contributed by atoms with Crippen molar-refractivity contribution in [3.05, 3.63) is 29.3 Å². The van der Waals surface area contributed by atoms with Crippen molar-refractivity contribution in [1.29, 1.82) is 0 Å². The SMILES string of the molecule is CN1CCC(Oc2ccc(C(F)(F)F)cc2C(=O)O)C1. The summed E-state index contributed by atoms with van der Waals surface area (Å²) in [6.45, 7) is 1.44. The second kappa shape index (κ2) is 5.32. The molecule has 0 amide bonds. The van der Waals surface area contributed by atoms with Crippen LogP contribution >= 0.6 is 0 Å². The van der Waals surface area contributed by atoms with Gasteiger partial charge in [-0.2, -0.15) is 13.2 Å². The third-order valence-corrected chi connectivity index (χ3v) is 3.18. The van der Waals surface area contributed by atoms with E-state index in [1.165, 1.54) is 0 Å². The molecule has 1 unspecified atom stereocenters. The Morgan fingerprint density at radius 3 is 2.65 bits per heavy atom. The third kappa shape index (κ3) is 3.22. The summed E-state index contributed by atoms with van der Waals surface area (Å²) in [5, 5.41) is 9.02. The van der Waals surface area contributed by atoms with Gasteiger partial charge in [0.25, 0.3) is 0 Å². The van der Waals surface area contributed by atoms with E-state index in [0.29, 0.717) is 12.6 Å². The van der Waals surface area contributed by atoms with Crippen LogP contribution in [0.2, 0.25) is 0 Å². The molecular weight excluding hydrogens is 275 g/mol. The lowest BCUT2D eigenvalue weighted by Gasteiger charge is -2.16. The summed E-state index contributed by atoms with van der Waals surface area (Å²) in [4.78, 5) is 13.1. The first kappa shape index (κ1) is 14.6. The number of benzene rings is 1. The average Bonchev–Trinajstić information content (AvgIpc) is 2.73. The fraction of sp³-hybridized carbons (Fsp3) is 0.462. The van der Waals surface area contributed by atoms with Crippen LogP contribution in [-0.2, 0) is 6.18 Å². The number of carbonyl (C=O) groups is 1. The van der Waals surface area contributed by atoms with Crippen LogP contribution in [0.5, 0.6) is 5.75 Å². The van der Waals surface area contributed by atoms with Gasteiger partial charge in [-0.15, -0.1) is 0 Å². The number of likely N-dealkylation sites (N-methyl/N-ethyl adjacent to an activating group) is 1. The van der Waals surface area contributed by atoms with Gasteiger partial charge in [0, 0.05) is 13.1 Å². The molecular formula is C13H14F3NO3. The minimum absolute atomic E-state index is 0.0224. The van der Waals surface area contributed by atoms with Crippen LogP contribution in [0.15, 0.2) is 18.2 Å². The largest absolute Gasteiger partial charge is 0.488 e. The molecule has 7 heteroatoms. The number of halogens is 3. The van der Waals surface area contributed by atoms with Crippen LogP contribution in [0.4, 0.5) is 13.2 Å². The molecule has 4 nitrogen and oxygen atoms in total. The number of alkyl halides is 3. The van der Waals surface area contributed by atoms with Crippen molar-refractivity contribution < 1.29 is 27.8 Å². The first-order valence-electron chi connectivity index (χ1n) is 6.07. The maximum atomic E-state index is 12.6. The quantitative estimate of drug-likeness (QED) is 0.928. The number of rotatable bonds is 3. The summed E-state index contributed by atoms with van der Waals surface area (Å²) in [7, 11) is 1.90. The van der Waals surface area contributed by atoms with E-state index in [4.69, 9.17) is 9.84 Å². The Morgan fingerprint density at radius 2 is 2.15 bits per heavy atom. The minimum Gasteiger partial charge on any atom is -0.488 e. The second-order valence-corrected chi connectivity index (χ2v) is 4.80. The fourth-order valence-corrected chi connectivity index (χ4v) is 2.15. The van der Waals surface area contributed by atoms with Gasteiger partial charge in [-0.1, -0.05) is 0 Å². The van der Waals surface area contributed by atoms with Gasteiger partial charge in [0.2, 0.25) is 0 Å². The van der Waals surface area contributed by atoms with Crippen molar-refractivity contribution in [2.75, 3.05) is 20.1 Å². The summed E-state index contributed by atoms with van der Waals surface area (Å²) in [6, 6.07) is 2.52. The number of nitrogens with zero attached hydrogens (tertiary/aromatic N) is 1. The second-order valence-electron chi connectivity index (χ2n) is 4.80. The molecule has 0 aliphatic carbocycles. The average molecular weight is 289 g/mol. The van der Waals surface area contributed by atoms with Gasteiger partial charge >= 0.3 is 12.1 Å². The molecule has 1 heterocycles. The van der Waals surface area contributed by atoms with Crippen LogP contribution in [0.25, 0.3) is 0 Å². The van der Waals surface area contributed by atoms with Gasteiger partial charge in [-0.3, -0.25) is 0 Å². The number of ether oxygens (including phenoxy) is 1. The van der Waals surface area contributed by atoms with Gasteiger partial charge in [-0.25, -0.2) is 4.79 Å². The molecule has 2 rings (SSSR count). The van der Waals surface area contributed by atoms with E-state index in [0.717, 1.165) is 25.1 Å². The Balaban J connectivity index is 2.26. The smallest absolute Gasteiger partial charge is 0.416 e.